The first-order valence-electron chi connectivity index (χ1n) is 8.78. The van der Waals surface area contributed by atoms with Crippen molar-refractivity contribution in [3.05, 3.63) is 50.4 Å². The number of halogens is 2. The molecule has 2 aromatic rings. The van der Waals surface area contributed by atoms with Gasteiger partial charge in [-0.3, -0.25) is 4.79 Å². The van der Waals surface area contributed by atoms with E-state index in [-0.39, 0.29) is 12.5 Å². The lowest BCUT2D eigenvalue weighted by Crippen LogP contribution is -2.17. The molecule has 0 atom stereocenters. The van der Waals surface area contributed by atoms with Gasteiger partial charge in [-0.1, -0.05) is 5.92 Å². The number of carbonyl (C=O) groups excluding carboxylic acids is 1. The van der Waals surface area contributed by atoms with Gasteiger partial charge in [0.05, 0.1) is 28.4 Å². The van der Waals surface area contributed by atoms with Crippen molar-refractivity contribution in [3.8, 4) is 29.6 Å². The highest BCUT2D eigenvalue weighted by Crippen LogP contribution is 2.34. The average molecular weight is 524 g/mol. The van der Waals surface area contributed by atoms with E-state index in [9.17, 15) is 4.79 Å². The van der Waals surface area contributed by atoms with Crippen LogP contribution in [-0.4, -0.2) is 31.9 Å². The zero-order valence-electron chi connectivity index (χ0n) is 16.0. The summed E-state index contributed by atoms with van der Waals surface area (Å²) in [4.78, 5) is 12.4. The van der Waals surface area contributed by atoms with Gasteiger partial charge in [0.1, 0.15) is 12.4 Å². The number of hydrazone groups is 1. The molecule has 6 nitrogen and oxygen atoms in total. The summed E-state index contributed by atoms with van der Waals surface area (Å²) in [7, 11) is 0. The molecular formula is C21H20Br2N2O4. The Morgan fingerprint density at radius 3 is 2.38 bits per heavy atom. The molecule has 0 aliphatic carbocycles. The van der Waals surface area contributed by atoms with Crippen molar-refractivity contribution >= 4 is 44.0 Å². The van der Waals surface area contributed by atoms with E-state index in [4.69, 9.17) is 20.6 Å². The predicted molar refractivity (Wildman–Crippen MR) is 120 cm³/mol. The van der Waals surface area contributed by atoms with Crippen molar-refractivity contribution in [2.24, 2.45) is 5.10 Å². The lowest BCUT2D eigenvalue weighted by Gasteiger charge is -2.11. The molecule has 0 saturated carbocycles. The van der Waals surface area contributed by atoms with Crippen LogP contribution in [0.25, 0.3) is 0 Å². The summed E-state index contributed by atoms with van der Waals surface area (Å²) < 4.78 is 17.9. The number of rotatable bonds is 9. The van der Waals surface area contributed by atoms with E-state index in [1.54, 1.807) is 30.3 Å². The monoisotopic (exact) mass is 522 g/mol. The Morgan fingerprint density at radius 2 is 1.76 bits per heavy atom. The first-order valence-corrected chi connectivity index (χ1v) is 10.4. The molecule has 0 spiro atoms. The van der Waals surface area contributed by atoms with E-state index < -0.39 is 0 Å². The number of hydrogen-bond acceptors (Lipinski definition) is 5. The van der Waals surface area contributed by atoms with E-state index >= 15 is 0 Å². The number of ether oxygens (including phenoxy) is 3. The van der Waals surface area contributed by atoms with Gasteiger partial charge in [0.25, 0.3) is 5.91 Å². The van der Waals surface area contributed by atoms with Gasteiger partial charge in [0.15, 0.2) is 11.5 Å². The van der Waals surface area contributed by atoms with Crippen LogP contribution in [0.5, 0.6) is 17.2 Å². The van der Waals surface area contributed by atoms with Crippen LogP contribution in [0.2, 0.25) is 0 Å². The zero-order valence-corrected chi connectivity index (χ0v) is 19.2. The largest absolute Gasteiger partial charge is 0.490 e. The molecule has 8 heteroatoms. The van der Waals surface area contributed by atoms with Gasteiger partial charge < -0.3 is 14.2 Å². The maximum atomic E-state index is 12.4. The minimum atomic E-state index is -0.364. The Morgan fingerprint density at radius 1 is 1.10 bits per heavy atom. The van der Waals surface area contributed by atoms with E-state index in [2.05, 4.69) is 48.3 Å². The number of terminal acetylenes is 1. The minimum absolute atomic E-state index is 0.159. The zero-order chi connectivity index (χ0) is 21.2. The maximum Gasteiger partial charge on any atom is 0.271 e. The molecule has 0 radical (unpaired) electrons. The van der Waals surface area contributed by atoms with Crippen molar-refractivity contribution in [3.63, 3.8) is 0 Å². The summed E-state index contributed by atoms with van der Waals surface area (Å²) in [5, 5.41) is 4.01. The van der Waals surface area contributed by atoms with Crippen molar-refractivity contribution in [1.29, 1.82) is 0 Å². The Balaban J connectivity index is 2.09. The van der Waals surface area contributed by atoms with Crippen LogP contribution in [0.3, 0.4) is 0 Å². The summed E-state index contributed by atoms with van der Waals surface area (Å²) in [5.41, 5.74) is 3.66. The Hall–Kier alpha value is -2.50. The third-order valence-corrected chi connectivity index (χ3v) is 4.68. The van der Waals surface area contributed by atoms with Gasteiger partial charge in [-0.2, -0.15) is 5.10 Å². The SMILES string of the molecule is C#CCOc1c(Br)cc(/C=N/NC(=O)c2ccc(OCC)c(OCC)c2)cc1Br. The molecule has 0 fully saturated rings. The number of nitrogens with zero attached hydrogens (tertiary/aromatic N) is 1. The average Bonchev–Trinajstić information content (AvgIpc) is 2.69. The van der Waals surface area contributed by atoms with E-state index in [0.29, 0.717) is 45.0 Å². The predicted octanol–water partition coefficient (Wildman–Crippen LogP) is 4.78. The van der Waals surface area contributed by atoms with Crippen LogP contribution < -0.4 is 19.6 Å². The fourth-order valence-corrected chi connectivity index (χ4v) is 3.78. The molecule has 29 heavy (non-hydrogen) atoms. The molecular weight excluding hydrogens is 504 g/mol. The van der Waals surface area contributed by atoms with E-state index in [0.717, 1.165) is 5.56 Å². The Kier molecular flexibility index (Phi) is 9.03. The summed E-state index contributed by atoms with van der Waals surface area (Å²) in [6.07, 6.45) is 6.74. The van der Waals surface area contributed by atoms with Crippen LogP contribution in [0.4, 0.5) is 0 Å². The fourth-order valence-electron chi connectivity index (χ4n) is 2.33. The minimum Gasteiger partial charge on any atom is -0.490 e. The molecule has 0 saturated heterocycles. The molecule has 0 heterocycles. The lowest BCUT2D eigenvalue weighted by molar-refractivity contribution is 0.0954. The van der Waals surface area contributed by atoms with Gasteiger partial charge in [-0.05, 0) is 81.6 Å². The molecule has 0 aliphatic heterocycles. The molecule has 0 bridgehead atoms. The molecule has 0 aliphatic rings. The Labute approximate surface area is 186 Å². The van der Waals surface area contributed by atoms with Crippen molar-refractivity contribution < 1.29 is 19.0 Å². The summed E-state index contributed by atoms with van der Waals surface area (Å²) in [6.45, 7) is 4.88. The normalized spacial score (nSPS) is 10.4. The second-order valence-corrected chi connectivity index (χ2v) is 7.24. The molecule has 2 aromatic carbocycles. The van der Waals surface area contributed by atoms with Gasteiger partial charge in [-0.15, -0.1) is 6.42 Å². The van der Waals surface area contributed by atoms with Gasteiger partial charge in [0.2, 0.25) is 0 Å². The number of benzene rings is 2. The summed E-state index contributed by atoms with van der Waals surface area (Å²) >= 11 is 6.86. The second-order valence-electron chi connectivity index (χ2n) is 5.53. The topological polar surface area (TPSA) is 69.2 Å². The number of amides is 1. The fraction of sp³-hybridized carbons (Fsp3) is 0.238. The third kappa shape index (κ3) is 6.51. The Bertz CT molecular complexity index is 916. The molecule has 1 amide bonds. The molecule has 0 aromatic heterocycles. The lowest BCUT2D eigenvalue weighted by atomic mass is 10.2. The first kappa shape index (κ1) is 22.8. The van der Waals surface area contributed by atoms with Gasteiger partial charge in [0, 0.05) is 5.56 Å². The number of hydrogen-bond donors (Lipinski definition) is 1. The standard InChI is InChI=1S/C21H20Br2N2O4/c1-4-9-29-20-16(22)10-14(11-17(20)23)13-24-25-21(26)15-7-8-18(27-5-2)19(12-15)28-6-3/h1,7-8,10-13H,5-6,9H2,2-3H3,(H,25,26)/b24-13+. The highest BCUT2D eigenvalue weighted by Gasteiger charge is 2.11. The highest BCUT2D eigenvalue weighted by molar-refractivity contribution is 9.11. The second kappa shape index (κ2) is 11.5. The van der Waals surface area contributed by atoms with E-state index in [1.165, 1.54) is 6.21 Å². The maximum absolute atomic E-state index is 12.4. The first-order chi connectivity index (χ1) is 14.0. The van der Waals surface area contributed by atoms with E-state index in [1.807, 2.05) is 13.8 Å². The van der Waals surface area contributed by atoms with Crippen LogP contribution in [0.15, 0.2) is 44.4 Å². The molecule has 2 rings (SSSR count). The highest BCUT2D eigenvalue weighted by atomic mass is 79.9. The molecule has 0 unspecified atom stereocenters. The smallest absolute Gasteiger partial charge is 0.271 e. The molecule has 152 valence electrons. The van der Waals surface area contributed by atoms with Crippen LogP contribution in [0, 0.1) is 12.3 Å². The van der Waals surface area contributed by atoms with Gasteiger partial charge in [-0.25, -0.2) is 5.43 Å². The number of carbonyl (C=O) groups is 1. The van der Waals surface area contributed by atoms with Crippen LogP contribution >= 0.6 is 31.9 Å². The molecule has 1 N–H and O–H groups in total. The third-order valence-electron chi connectivity index (χ3n) is 3.51. The summed E-state index contributed by atoms with van der Waals surface area (Å²) in [6, 6.07) is 8.59. The van der Waals surface area contributed by atoms with Crippen molar-refractivity contribution in [2.45, 2.75) is 13.8 Å². The quantitative estimate of drug-likeness (QED) is 0.291. The van der Waals surface area contributed by atoms with Crippen molar-refractivity contribution in [2.75, 3.05) is 19.8 Å². The van der Waals surface area contributed by atoms with Crippen LogP contribution in [0.1, 0.15) is 29.8 Å². The van der Waals surface area contributed by atoms with Gasteiger partial charge >= 0.3 is 0 Å². The van der Waals surface area contributed by atoms with Crippen LogP contribution in [-0.2, 0) is 0 Å². The number of nitrogens with one attached hydrogen (secondary N) is 1. The van der Waals surface area contributed by atoms with Crippen molar-refractivity contribution in [1.82, 2.24) is 5.43 Å². The summed E-state index contributed by atoms with van der Waals surface area (Å²) in [5.74, 6) is 3.76.